The molecule has 17 heavy (non-hydrogen) atoms. The van der Waals surface area contributed by atoms with Crippen molar-refractivity contribution in [2.45, 2.75) is 19.4 Å². The van der Waals surface area contributed by atoms with Gasteiger partial charge in [0.15, 0.2) is 0 Å². The van der Waals surface area contributed by atoms with Crippen LogP contribution in [-0.2, 0) is 0 Å². The zero-order valence-electron chi connectivity index (χ0n) is 9.71. The Morgan fingerprint density at radius 1 is 1.59 bits per heavy atom. The molecule has 1 aromatic rings. The van der Waals surface area contributed by atoms with E-state index in [1.165, 1.54) is 0 Å². The molecule has 5 heteroatoms. The molecular formula is C12H16N2O3. The molecular weight excluding hydrogens is 220 g/mol. The van der Waals surface area contributed by atoms with Gasteiger partial charge in [-0.05, 0) is 24.5 Å². The first-order valence-corrected chi connectivity index (χ1v) is 5.71. The molecule has 1 fully saturated rings. The normalized spacial score (nSPS) is 24.7. The third kappa shape index (κ3) is 2.39. The molecule has 1 saturated heterocycles. The standard InChI is InChI=1S/C12H16N2O3/c1-8-7-14(6-4-10(8)15)11-9(12(16)17)3-2-5-13-11/h2-3,5,8,10,15H,4,6-7H2,1H3,(H,16,17). The van der Waals surface area contributed by atoms with Gasteiger partial charge in [-0.2, -0.15) is 0 Å². The number of aromatic carboxylic acids is 1. The second-order valence-corrected chi connectivity index (χ2v) is 4.46. The van der Waals surface area contributed by atoms with Gasteiger partial charge >= 0.3 is 5.97 Å². The third-order valence-corrected chi connectivity index (χ3v) is 3.18. The molecule has 92 valence electrons. The number of aliphatic hydroxyl groups is 1. The minimum absolute atomic E-state index is 0.132. The number of hydrogen-bond donors (Lipinski definition) is 2. The van der Waals surface area contributed by atoms with Crippen LogP contribution in [0.5, 0.6) is 0 Å². The average molecular weight is 236 g/mol. The molecule has 1 aromatic heterocycles. The second-order valence-electron chi connectivity index (χ2n) is 4.46. The van der Waals surface area contributed by atoms with E-state index in [-0.39, 0.29) is 17.6 Å². The van der Waals surface area contributed by atoms with E-state index in [0.29, 0.717) is 25.3 Å². The van der Waals surface area contributed by atoms with Crippen LogP contribution in [0.15, 0.2) is 18.3 Å². The molecule has 5 nitrogen and oxygen atoms in total. The van der Waals surface area contributed by atoms with E-state index in [4.69, 9.17) is 5.11 Å². The molecule has 0 aromatic carbocycles. The van der Waals surface area contributed by atoms with Gasteiger partial charge in [0.05, 0.1) is 6.10 Å². The lowest BCUT2D eigenvalue weighted by atomic mass is 9.96. The van der Waals surface area contributed by atoms with Crippen LogP contribution in [0.3, 0.4) is 0 Å². The highest BCUT2D eigenvalue weighted by Gasteiger charge is 2.27. The fraction of sp³-hybridized carbons (Fsp3) is 0.500. The lowest BCUT2D eigenvalue weighted by Gasteiger charge is -2.35. The Balaban J connectivity index is 2.25. The fourth-order valence-electron chi connectivity index (χ4n) is 2.14. The van der Waals surface area contributed by atoms with Gasteiger partial charge in [-0.15, -0.1) is 0 Å². The minimum Gasteiger partial charge on any atom is -0.478 e. The predicted octanol–water partition coefficient (Wildman–Crippen LogP) is 0.987. The van der Waals surface area contributed by atoms with Crippen molar-refractivity contribution in [3.8, 4) is 0 Å². The van der Waals surface area contributed by atoms with Crippen LogP contribution in [0.4, 0.5) is 5.82 Å². The smallest absolute Gasteiger partial charge is 0.339 e. The number of aliphatic hydroxyl groups excluding tert-OH is 1. The number of pyridine rings is 1. The molecule has 2 atom stereocenters. The molecule has 2 rings (SSSR count). The molecule has 1 aliphatic heterocycles. The summed E-state index contributed by atoms with van der Waals surface area (Å²) in [6.45, 7) is 3.24. The third-order valence-electron chi connectivity index (χ3n) is 3.18. The predicted molar refractivity (Wildman–Crippen MR) is 63.2 cm³/mol. The highest BCUT2D eigenvalue weighted by molar-refractivity contribution is 5.93. The van der Waals surface area contributed by atoms with Gasteiger partial charge in [0, 0.05) is 19.3 Å². The Morgan fingerprint density at radius 2 is 2.35 bits per heavy atom. The zero-order valence-corrected chi connectivity index (χ0v) is 9.71. The summed E-state index contributed by atoms with van der Waals surface area (Å²) in [7, 11) is 0. The van der Waals surface area contributed by atoms with Crippen LogP contribution in [-0.4, -0.2) is 40.4 Å². The number of nitrogens with zero attached hydrogens (tertiary/aromatic N) is 2. The molecule has 2 N–H and O–H groups in total. The average Bonchev–Trinajstić information content (AvgIpc) is 2.32. The van der Waals surface area contributed by atoms with Gasteiger partial charge in [-0.25, -0.2) is 9.78 Å². The summed E-state index contributed by atoms with van der Waals surface area (Å²) in [5, 5.41) is 18.8. The van der Waals surface area contributed by atoms with E-state index in [0.717, 1.165) is 0 Å². The van der Waals surface area contributed by atoms with E-state index in [1.54, 1.807) is 18.3 Å². The van der Waals surface area contributed by atoms with Crippen molar-refractivity contribution in [1.29, 1.82) is 0 Å². The van der Waals surface area contributed by atoms with Crippen molar-refractivity contribution in [3.63, 3.8) is 0 Å². The Bertz CT molecular complexity index is 422. The molecule has 0 amide bonds. The molecule has 1 aliphatic rings. The summed E-state index contributed by atoms with van der Waals surface area (Å²) in [6.07, 6.45) is 1.94. The molecule has 0 saturated carbocycles. The van der Waals surface area contributed by atoms with Crippen molar-refractivity contribution in [2.75, 3.05) is 18.0 Å². The highest BCUT2D eigenvalue weighted by Crippen LogP contribution is 2.24. The zero-order chi connectivity index (χ0) is 12.4. The molecule has 2 unspecified atom stereocenters. The van der Waals surface area contributed by atoms with Crippen LogP contribution in [0.25, 0.3) is 0 Å². The maximum atomic E-state index is 11.1. The van der Waals surface area contributed by atoms with Crippen molar-refractivity contribution < 1.29 is 15.0 Å². The maximum absolute atomic E-state index is 11.1. The van der Waals surface area contributed by atoms with Gasteiger partial charge in [0.25, 0.3) is 0 Å². The number of hydrogen-bond acceptors (Lipinski definition) is 4. The van der Waals surface area contributed by atoms with Gasteiger partial charge in [-0.1, -0.05) is 6.92 Å². The van der Waals surface area contributed by atoms with Gasteiger partial charge in [-0.3, -0.25) is 0 Å². The van der Waals surface area contributed by atoms with Gasteiger partial charge < -0.3 is 15.1 Å². The molecule has 0 spiro atoms. The summed E-state index contributed by atoms with van der Waals surface area (Å²) in [6, 6.07) is 3.18. The van der Waals surface area contributed by atoms with Crippen molar-refractivity contribution in [2.24, 2.45) is 5.92 Å². The topological polar surface area (TPSA) is 73.7 Å². The summed E-state index contributed by atoms with van der Waals surface area (Å²) in [5.41, 5.74) is 0.219. The van der Waals surface area contributed by atoms with Crippen LogP contribution >= 0.6 is 0 Å². The maximum Gasteiger partial charge on any atom is 0.339 e. The number of piperidine rings is 1. The first kappa shape index (κ1) is 11.9. The Kier molecular flexibility index (Phi) is 3.28. The number of anilines is 1. The molecule has 0 bridgehead atoms. The number of aromatic nitrogens is 1. The van der Waals surface area contributed by atoms with E-state index in [1.807, 2.05) is 11.8 Å². The molecule has 2 heterocycles. The van der Waals surface area contributed by atoms with Crippen LogP contribution < -0.4 is 4.90 Å². The molecule has 0 radical (unpaired) electrons. The highest BCUT2D eigenvalue weighted by atomic mass is 16.4. The summed E-state index contributed by atoms with van der Waals surface area (Å²) < 4.78 is 0. The molecule has 0 aliphatic carbocycles. The SMILES string of the molecule is CC1CN(c2ncccc2C(=O)O)CCC1O. The number of carbonyl (C=O) groups is 1. The van der Waals surface area contributed by atoms with Gasteiger partial charge in [0.1, 0.15) is 11.4 Å². The lowest BCUT2D eigenvalue weighted by Crippen LogP contribution is -2.42. The van der Waals surface area contributed by atoms with Gasteiger partial charge in [0.2, 0.25) is 0 Å². The van der Waals surface area contributed by atoms with E-state index in [9.17, 15) is 9.90 Å². The van der Waals surface area contributed by atoms with Crippen molar-refractivity contribution in [1.82, 2.24) is 4.98 Å². The Hall–Kier alpha value is -1.62. The van der Waals surface area contributed by atoms with E-state index in [2.05, 4.69) is 4.98 Å². The Labute approximate surface area is 99.7 Å². The first-order valence-electron chi connectivity index (χ1n) is 5.71. The quantitative estimate of drug-likeness (QED) is 0.801. The number of carboxylic acids is 1. The lowest BCUT2D eigenvalue weighted by molar-refractivity contribution is 0.0696. The second kappa shape index (κ2) is 4.71. The largest absolute Gasteiger partial charge is 0.478 e. The number of rotatable bonds is 2. The summed E-state index contributed by atoms with van der Waals surface area (Å²) in [5.74, 6) is -0.335. The number of carboxylic acid groups (broad SMARTS) is 1. The van der Waals surface area contributed by atoms with Crippen molar-refractivity contribution >= 4 is 11.8 Å². The van der Waals surface area contributed by atoms with Crippen LogP contribution in [0.2, 0.25) is 0 Å². The first-order chi connectivity index (χ1) is 8.09. The Morgan fingerprint density at radius 3 is 3.00 bits per heavy atom. The monoisotopic (exact) mass is 236 g/mol. The van der Waals surface area contributed by atoms with E-state index < -0.39 is 5.97 Å². The summed E-state index contributed by atoms with van der Waals surface area (Å²) >= 11 is 0. The van der Waals surface area contributed by atoms with E-state index >= 15 is 0 Å². The summed E-state index contributed by atoms with van der Waals surface area (Å²) in [4.78, 5) is 17.2. The van der Waals surface area contributed by atoms with Crippen LogP contribution in [0.1, 0.15) is 23.7 Å². The van der Waals surface area contributed by atoms with Crippen LogP contribution in [0, 0.1) is 5.92 Å². The minimum atomic E-state index is -0.966. The fourth-order valence-corrected chi connectivity index (χ4v) is 2.14. The van der Waals surface area contributed by atoms with Crippen molar-refractivity contribution in [3.05, 3.63) is 23.9 Å².